The number of ether oxygens (including phenoxy) is 1. The van der Waals surface area contributed by atoms with Crippen molar-refractivity contribution < 1.29 is 14.3 Å². The molecule has 0 bridgehead atoms. The molecule has 2 heterocycles. The van der Waals surface area contributed by atoms with Crippen molar-refractivity contribution >= 4 is 28.2 Å². The Kier molecular flexibility index (Phi) is 5.27. The minimum absolute atomic E-state index is 0.102. The first-order valence-corrected chi connectivity index (χ1v) is 10.4. The molecular weight excluding hydrogens is 360 g/mol. The van der Waals surface area contributed by atoms with Crippen LogP contribution >= 0.6 is 11.3 Å². The van der Waals surface area contributed by atoms with E-state index in [0.29, 0.717) is 22.7 Å². The predicted octanol–water partition coefficient (Wildman–Crippen LogP) is 3.71. The van der Waals surface area contributed by atoms with Gasteiger partial charge in [-0.05, 0) is 56.2 Å². The topological polar surface area (TPSA) is 67.4 Å². The Hall–Kier alpha value is -2.18. The number of carbonyl (C=O) groups excluding carboxylic acids is 2. The maximum atomic E-state index is 12.9. The summed E-state index contributed by atoms with van der Waals surface area (Å²) in [6.45, 7) is 3.21. The third kappa shape index (κ3) is 3.77. The van der Waals surface area contributed by atoms with E-state index >= 15 is 0 Å². The van der Waals surface area contributed by atoms with Gasteiger partial charge in [-0.15, -0.1) is 11.3 Å². The number of carbonyl (C=O) groups is 2. The number of anilines is 1. The van der Waals surface area contributed by atoms with E-state index in [2.05, 4.69) is 10.6 Å². The molecule has 2 aliphatic rings. The summed E-state index contributed by atoms with van der Waals surface area (Å²) in [5.41, 5.74) is 3.30. The van der Waals surface area contributed by atoms with E-state index in [1.807, 2.05) is 31.2 Å². The van der Waals surface area contributed by atoms with E-state index < -0.39 is 0 Å². The van der Waals surface area contributed by atoms with Crippen molar-refractivity contribution in [2.45, 2.75) is 45.1 Å². The zero-order chi connectivity index (χ0) is 18.8. The van der Waals surface area contributed by atoms with Gasteiger partial charge in [-0.3, -0.25) is 9.59 Å². The summed E-state index contributed by atoms with van der Waals surface area (Å²) in [6, 6.07) is 7.49. The van der Waals surface area contributed by atoms with Crippen LogP contribution in [0.1, 0.15) is 56.0 Å². The van der Waals surface area contributed by atoms with E-state index in [0.717, 1.165) is 49.8 Å². The van der Waals surface area contributed by atoms with Crippen LogP contribution in [0.2, 0.25) is 0 Å². The summed E-state index contributed by atoms with van der Waals surface area (Å²) in [5.74, 6) is -0.272. The molecule has 1 aromatic carbocycles. The minimum Gasteiger partial charge on any atom is -0.376 e. The zero-order valence-electron chi connectivity index (χ0n) is 15.5. The summed E-state index contributed by atoms with van der Waals surface area (Å²) < 4.78 is 5.60. The van der Waals surface area contributed by atoms with Crippen molar-refractivity contribution in [1.82, 2.24) is 5.32 Å². The zero-order valence-corrected chi connectivity index (χ0v) is 16.3. The predicted molar refractivity (Wildman–Crippen MR) is 107 cm³/mol. The quantitative estimate of drug-likeness (QED) is 0.826. The highest BCUT2D eigenvalue weighted by atomic mass is 32.1. The lowest BCUT2D eigenvalue weighted by atomic mass is 10.1. The maximum absolute atomic E-state index is 12.9. The fourth-order valence-corrected chi connectivity index (χ4v) is 5.11. The fraction of sp³-hybridized carbons (Fsp3) is 0.429. The number of amides is 2. The summed E-state index contributed by atoms with van der Waals surface area (Å²) in [6.07, 6.45) is 5.08. The van der Waals surface area contributed by atoms with E-state index in [-0.39, 0.29) is 17.9 Å². The van der Waals surface area contributed by atoms with Gasteiger partial charge in [-0.25, -0.2) is 0 Å². The number of hydrogen-bond acceptors (Lipinski definition) is 4. The highest BCUT2D eigenvalue weighted by Crippen LogP contribution is 2.39. The average molecular weight is 385 g/mol. The molecule has 1 aliphatic carbocycles. The highest BCUT2D eigenvalue weighted by molar-refractivity contribution is 7.17. The molecule has 2 aromatic rings. The van der Waals surface area contributed by atoms with Gasteiger partial charge in [0, 0.05) is 23.6 Å². The molecule has 0 radical (unpaired) electrons. The number of aryl methyl sites for hydroxylation is 2. The lowest BCUT2D eigenvalue weighted by Gasteiger charge is -2.13. The second-order valence-corrected chi connectivity index (χ2v) is 8.28. The van der Waals surface area contributed by atoms with Gasteiger partial charge in [0.1, 0.15) is 5.00 Å². The van der Waals surface area contributed by atoms with Crippen LogP contribution in [0.5, 0.6) is 0 Å². The van der Waals surface area contributed by atoms with Crippen LogP contribution in [0.4, 0.5) is 5.00 Å². The second kappa shape index (κ2) is 7.82. The third-order valence-electron chi connectivity index (χ3n) is 5.28. The molecule has 2 N–H and O–H groups in total. The van der Waals surface area contributed by atoms with Gasteiger partial charge < -0.3 is 15.4 Å². The molecule has 4 rings (SSSR count). The number of thiophene rings is 1. The standard InChI is InChI=1S/C21H24N2O3S/c1-13-6-2-3-8-15(13)19(24)23-21-18(16-9-4-10-17(16)27-21)20(25)22-12-14-7-5-11-26-14/h2-3,6,8,14H,4-5,7,9-12H2,1H3,(H,22,25)(H,23,24)/t14-/m1/s1. The summed E-state index contributed by atoms with van der Waals surface area (Å²) in [5, 5.41) is 6.67. The molecule has 27 heavy (non-hydrogen) atoms. The van der Waals surface area contributed by atoms with Gasteiger partial charge in [-0.2, -0.15) is 0 Å². The largest absolute Gasteiger partial charge is 0.376 e. The summed E-state index contributed by atoms with van der Waals surface area (Å²) in [4.78, 5) is 26.9. The number of nitrogens with one attached hydrogen (secondary N) is 2. The Morgan fingerprint density at radius 1 is 1.19 bits per heavy atom. The van der Waals surface area contributed by atoms with Crippen LogP contribution in [0.25, 0.3) is 0 Å². The van der Waals surface area contributed by atoms with Crippen LogP contribution in [-0.2, 0) is 17.6 Å². The minimum atomic E-state index is -0.166. The smallest absolute Gasteiger partial charge is 0.256 e. The molecule has 1 saturated heterocycles. The first-order chi connectivity index (χ1) is 13.1. The molecule has 1 aliphatic heterocycles. The van der Waals surface area contributed by atoms with Crippen LogP contribution < -0.4 is 10.6 Å². The summed E-state index contributed by atoms with van der Waals surface area (Å²) in [7, 11) is 0. The normalized spacial score (nSPS) is 18.3. The van der Waals surface area contributed by atoms with Crippen molar-refractivity contribution in [1.29, 1.82) is 0 Å². The lowest BCUT2D eigenvalue weighted by Crippen LogP contribution is -2.32. The molecule has 1 fully saturated rings. The van der Waals surface area contributed by atoms with Crippen LogP contribution in [-0.4, -0.2) is 31.1 Å². The molecule has 0 spiro atoms. The van der Waals surface area contributed by atoms with Crippen molar-refractivity contribution in [3.05, 3.63) is 51.4 Å². The monoisotopic (exact) mass is 384 g/mol. The second-order valence-electron chi connectivity index (χ2n) is 7.18. The molecule has 142 valence electrons. The number of fused-ring (bicyclic) bond motifs is 1. The Morgan fingerprint density at radius 3 is 2.81 bits per heavy atom. The Morgan fingerprint density at radius 2 is 2.04 bits per heavy atom. The Labute approximate surface area is 163 Å². The highest BCUT2D eigenvalue weighted by Gasteiger charge is 2.28. The average Bonchev–Trinajstić information content (AvgIpc) is 3.37. The van der Waals surface area contributed by atoms with Crippen molar-refractivity contribution in [2.75, 3.05) is 18.5 Å². The van der Waals surface area contributed by atoms with Gasteiger partial charge >= 0.3 is 0 Å². The SMILES string of the molecule is Cc1ccccc1C(=O)Nc1sc2c(c1C(=O)NC[C@H]1CCCO1)CCC2. The molecule has 1 aromatic heterocycles. The summed E-state index contributed by atoms with van der Waals surface area (Å²) >= 11 is 1.54. The first-order valence-electron chi connectivity index (χ1n) is 9.55. The molecule has 0 saturated carbocycles. The third-order valence-corrected chi connectivity index (χ3v) is 6.49. The Balaban J connectivity index is 1.55. The number of benzene rings is 1. The van der Waals surface area contributed by atoms with E-state index in [4.69, 9.17) is 4.74 Å². The number of rotatable bonds is 5. The van der Waals surface area contributed by atoms with Crippen molar-refractivity contribution in [3.63, 3.8) is 0 Å². The molecule has 2 amide bonds. The maximum Gasteiger partial charge on any atom is 0.256 e. The van der Waals surface area contributed by atoms with Gasteiger partial charge in [0.15, 0.2) is 0 Å². The molecule has 5 nitrogen and oxygen atoms in total. The molecular formula is C21H24N2O3S. The first kappa shape index (κ1) is 18.2. The van der Waals surface area contributed by atoms with Crippen LogP contribution in [0, 0.1) is 6.92 Å². The van der Waals surface area contributed by atoms with Crippen molar-refractivity contribution in [3.8, 4) is 0 Å². The molecule has 0 unspecified atom stereocenters. The van der Waals surface area contributed by atoms with Crippen molar-refractivity contribution in [2.24, 2.45) is 0 Å². The van der Waals surface area contributed by atoms with E-state index in [1.54, 1.807) is 0 Å². The number of hydrogen-bond donors (Lipinski definition) is 2. The van der Waals surface area contributed by atoms with E-state index in [9.17, 15) is 9.59 Å². The van der Waals surface area contributed by atoms with E-state index in [1.165, 1.54) is 16.2 Å². The van der Waals surface area contributed by atoms with Crippen LogP contribution in [0.3, 0.4) is 0 Å². The van der Waals surface area contributed by atoms with Gasteiger partial charge in [0.25, 0.3) is 11.8 Å². The Bertz CT molecular complexity index is 868. The van der Waals surface area contributed by atoms with Crippen LogP contribution in [0.15, 0.2) is 24.3 Å². The molecule has 1 atom stereocenters. The molecule has 6 heteroatoms. The fourth-order valence-electron chi connectivity index (χ4n) is 3.83. The lowest BCUT2D eigenvalue weighted by molar-refractivity contribution is 0.0858. The van der Waals surface area contributed by atoms with Gasteiger partial charge in [0.05, 0.1) is 11.7 Å². The van der Waals surface area contributed by atoms with Gasteiger partial charge in [-0.1, -0.05) is 18.2 Å². The van der Waals surface area contributed by atoms with Gasteiger partial charge in [0.2, 0.25) is 0 Å².